The van der Waals surface area contributed by atoms with Crippen LogP contribution in [0.4, 0.5) is 17.5 Å². The molecule has 6 nitrogen and oxygen atoms in total. The smallest absolute Gasteiger partial charge is 0.137 e. The summed E-state index contributed by atoms with van der Waals surface area (Å²) < 4.78 is 0. The molecule has 0 aromatic carbocycles. The molecule has 102 valence electrons. The summed E-state index contributed by atoms with van der Waals surface area (Å²) in [5.74, 6) is 3.61. The average Bonchev–Trinajstić information content (AvgIpc) is 2.88. The Hall–Kier alpha value is -2.08. The lowest BCUT2D eigenvalue weighted by Gasteiger charge is -2.12. The van der Waals surface area contributed by atoms with Crippen LogP contribution < -0.4 is 16.4 Å². The molecule has 5 N–H and O–H groups in total. The van der Waals surface area contributed by atoms with E-state index in [0.29, 0.717) is 12.5 Å². The lowest BCUT2D eigenvalue weighted by atomic mass is 10.2. The number of rotatable bonds is 6. The molecule has 1 atom stereocenters. The van der Waals surface area contributed by atoms with Gasteiger partial charge in [-0.25, -0.2) is 9.97 Å². The van der Waals surface area contributed by atoms with Crippen LogP contribution in [0.15, 0.2) is 24.4 Å². The third kappa shape index (κ3) is 3.96. The van der Waals surface area contributed by atoms with Gasteiger partial charge in [0.25, 0.3) is 0 Å². The Balaban J connectivity index is 2.06. The number of aryl methyl sites for hydroxylation is 1. The molecular weight excluding hydrogens is 240 g/mol. The molecule has 0 spiro atoms. The molecule has 0 saturated heterocycles. The Kier molecular flexibility index (Phi) is 4.35. The van der Waals surface area contributed by atoms with Crippen molar-refractivity contribution in [2.45, 2.75) is 13.8 Å². The van der Waals surface area contributed by atoms with Gasteiger partial charge in [-0.1, -0.05) is 6.92 Å². The third-order valence-electron chi connectivity index (χ3n) is 2.73. The minimum absolute atomic E-state index is 0.412. The fourth-order valence-corrected chi connectivity index (χ4v) is 1.63. The molecule has 2 aromatic rings. The molecule has 0 radical (unpaired) electrons. The SMILES string of the molecule is Cc1nc(NCC(C)CN)cc(Nc2ccc[nH]2)n1. The molecule has 0 aliphatic rings. The first-order chi connectivity index (χ1) is 9.17. The maximum atomic E-state index is 5.60. The normalized spacial score (nSPS) is 12.2. The van der Waals surface area contributed by atoms with Crippen LogP contribution in [-0.2, 0) is 0 Å². The van der Waals surface area contributed by atoms with Crippen molar-refractivity contribution in [1.29, 1.82) is 0 Å². The summed E-state index contributed by atoms with van der Waals surface area (Å²) in [7, 11) is 0. The zero-order valence-corrected chi connectivity index (χ0v) is 11.3. The number of nitrogens with two attached hydrogens (primary N) is 1. The van der Waals surface area contributed by atoms with Crippen LogP contribution in [0, 0.1) is 12.8 Å². The second-order valence-electron chi connectivity index (χ2n) is 4.62. The van der Waals surface area contributed by atoms with E-state index in [-0.39, 0.29) is 0 Å². The number of anilines is 3. The summed E-state index contributed by atoms with van der Waals surface area (Å²) in [4.78, 5) is 11.8. The van der Waals surface area contributed by atoms with Gasteiger partial charge in [0.15, 0.2) is 0 Å². The van der Waals surface area contributed by atoms with E-state index < -0.39 is 0 Å². The Labute approximate surface area is 112 Å². The minimum Gasteiger partial charge on any atom is -0.370 e. The molecule has 0 aliphatic heterocycles. The maximum absolute atomic E-state index is 5.60. The molecule has 2 heterocycles. The van der Waals surface area contributed by atoms with Gasteiger partial charge in [-0.2, -0.15) is 0 Å². The van der Waals surface area contributed by atoms with Gasteiger partial charge in [0.05, 0.1) is 0 Å². The van der Waals surface area contributed by atoms with Gasteiger partial charge in [0, 0.05) is 18.8 Å². The van der Waals surface area contributed by atoms with Gasteiger partial charge >= 0.3 is 0 Å². The highest BCUT2D eigenvalue weighted by atomic mass is 15.1. The topological polar surface area (TPSA) is 91.6 Å². The van der Waals surface area contributed by atoms with Gasteiger partial charge in [-0.15, -0.1) is 0 Å². The quantitative estimate of drug-likeness (QED) is 0.636. The number of nitrogens with zero attached hydrogens (tertiary/aromatic N) is 2. The number of hydrogen-bond acceptors (Lipinski definition) is 5. The van der Waals surface area contributed by atoms with Crippen molar-refractivity contribution in [2.24, 2.45) is 11.7 Å². The first-order valence-corrected chi connectivity index (χ1v) is 6.37. The van der Waals surface area contributed by atoms with Crippen LogP contribution in [-0.4, -0.2) is 28.0 Å². The van der Waals surface area contributed by atoms with Crippen molar-refractivity contribution >= 4 is 17.5 Å². The van der Waals surface area contributed by atoms with Crippen molar-refractivity contribution in [3.05, 3.63) is 30.2 Å². The number of aromatic amines is 1. The van der Waals surface area contributed by atoms with Crippen molar-refractivity contribution in [3.8, 4) is 0 Å². The van der Waals surface area contributed by atoms with Gasteiger partial charge in [0.1, 0.15) is 23.3 Å². The zero-order chi connectivity index (χ0) is 13.7. The van der Waals surface area contributed by atoms with E-state index in [1.54, 1.807) is 0 Å². The second kappa shape index (κ2) is 6.19. The summed E-state index contributed by atoms with van der Waals surface area (Å²) in [6.07, 6.45) is 1.86. The van der Waals surface area contributed by atoms with Gasteiger partial charge in [-0.3, -0.25) is 0 Å². The third-order valence-corrected chi connectivity index (χ3v) is 2.73. The van der Waals surface area contributed by atoms with Crippen LogP contribution in [0.2, 0.25) is 0 Å². The molecule has 0 fully saturated rings. The highest BCUT2D eigenvalue weighted by Gasteiger charge is 2.04. The summed E-state index contributed by atoms with van der Waals surface area (Å²) in [6, 6.07) is 5.76. The summed E-state index contributed by atoms with van der Waals surface area (Å²) in [5.41, 5.74) is 5.60. The Morgan fingerprint density at radius 2 is 2.16 bits per heavy atom. The minimum atomic E-state index is 0.412. The molecule has 0 saturated carbocycles. The molecule has 2 rings (SSSR count). The van der Waals surface area contributed by atoms with Crippen LogP contribution in [0.25, 0.3) is 0 Å². The molecule has 0 amide bonds. The highest BCUT2D eigenvalue weighted by molar-refractivity contribution is 5.56. The Bertz CT molecular complexity index is 508. The predicted octanol–water partition coefficient (Wildman–Crippen LogP) is 1.86. The molecule has 2 aromatic heterocycles. The second-order valence-corrected chi connectivity index (χ2v) is 4.62. The molecule has 6 heteroatoms. The summed E-state index contributed by atoms with van der Waals surface area (Å²) >= 11 is 0. The van der Waals surface area contributed by atoms with E-state index >= 15 is 0 Å². The first-order valence-electron chi connectivity index (χ1n) is 6.37. The Morgan fingerprint density at radius 1 is 1.37 bits per heavy atom. The van der Waals surface area contributed by atoms with Crippen LogP contribution >= 0.6 is 0 Å². The first kappa shape index (κ1) is 13.4. The molecule has 0 aliphatic carbocycles. The largest absolute Gasteiger partial charge is 0.370 e. The highest BCUT2D eigenvalue weighted by Crippen LogP contribution is 2.15. The van der Waals surface area contributed by atoms with Crippen molar-refractivity contribution < 1.29 is 0 Å². The van der Waals surface area contributed by atoms with E-state index in [0.717, 1.165) is 29.8 Å². The van der Waals surface area contributed by atoms with Crippen molar-refractivity contribution in [2.75, 3.05) is 23.7 Å². The monoisotopic (exact) mass is 260 g/mol. The van der Waals surface area contributed by atoms with Crippen molar-refractivity contribution in [3.63, 3.8) is 0 Å². The number of H-pyrrole nitrogens is 1. The van der Waals surface area contributed by atoms with Crippen LogP contribution in [0.5, 0.6) is 0 Å². The predicted molar refractivity (Wildman–Crippen MR) is 77.6 cm³/mol. The summed E-state index contributed by atoms with van der Waals surface area (Å²) in [5, 5.41) is 6.47. The number of aromatic nitrogens is 3. The van der Waals surface area contributed by atoms with E-state index in [9.17, 15) is 0 Å². The number of hydrogen-bond donors (Lipinski definition) is 4. The molecular formula is C13H20N6. The average molecular weight is 260 g/mol. The van der Waals surface area contributed by atoms with Crippen LogP contribution in [0.1, 0.15) is 12.7 Å². The lowest BCUT2D eigenvalue weighted by molar-refractivity contribution is 0.626. The molecule has 19 heavy (non-hydrogen) atoms. The van der Waals surface area contributed by atoms with Gasteiger partial charge < -0.3 is 21.4 Å². The van der Waals surface area contributed by atoms with E-state index in [1.165, 1.54) is 0 Å². The lowest BCUT2D eigenvalue weighted by Crippen LogP contribution is -2.20. The maximum Gasteiger partial charge on any atom is 0.137 e. The number of nitrogens with one attached hydrogen (secondary N) is 3. The fraction of sp³-hybridized carbons (Fsp3) is 0.385. The van der Waals surface area contributed by atoms with Crippen LogP contribution in [0.3, 0.4) is 0 Å². The summed E-state index contributed by atoms with van der Waals surface area (Å²) in [6.45, 7) is 5.43. The molecule has 0 bridgehead atoms. The van der Waals surface area contributed by atoms with E-state index in [2.05, 4.69) is 32.5 Å². The van der Waals surface area contributed by atoms with E-state index in [4.69, 9.17) is 5.73 Å². The van der Waals surface area contributed by atoms with Gasteiger partial charge in [-0.05, 0) is 31.5 Å². The van der Waals surface area contributed by atoms with Crippen molar-refractivity contribution in [1.82, 2.24) is 15.0 Å². The molecule has 1 unspecified atom stereocenters. The zero-order valence-electron chi connectivity index (χ0n) is 11.3. The standard InChI is InChI=1S/C13H20N6/c1-9(7-14)8-16-12-6-13(18-10(2)17-12)19-11-4-3-5-15-11/h3-6,9,15H,7-8,14H2,1-2H3,(H2,16,17,18,19). The van der Waals surface area contributed by atoms with E-state index in [1.807, 2.05) is 31.3 Å². The van der Waals surface area contributed by atoms with Gasteiger partial charge in [0.2, 0.25) is 0 Å². The Morgan fingerprint density at radius 3 is 2.84 bits per heavy atom. The fourth-order valence-electron chi connectivity index (χ4n) is 1.63.